The van der Waals surface area contributed by atoms with Gasteiger partial charge in [0.25, 0.3) is 0 Å². The number of amides is 1. The Kier molecular flexibility index (Phi) is 5.83. The minimum Gasteiger partial charge on any atom is -0.374 e. The van der Waals surface area contributed by atoms with Crippen LogP contribution in [-0.4, -0.2) is 50.2 Å². The number of carbonyl (C=O) groups is 1. The number of nitrogens with zero attached hydrogens (tertiary/aromatic N) is 1. The third kappa shape index (κ3) is 5.12. The lowest BCUT2D eigenvalue weighted by Crippen LogP contribution is -2.45. The molecule has 1 N–H and O–H groups in total. The zero-order valence-electron chi connectivity index (χ0n) is 11.8. The fourth-order valence-electron chi connectivity index (χ4n) is 2.26. The van der Waals surface area contributed by atoms with Crippen LogP contribution in [0.3, 0.4) is 0 Å². The maximum absolute atomic E-state index is 11.8. The van der Waals surface area contributed by atoms with E-state index >= 15 is 0 Å². The van der Waals surface area contributed by atoms with Crippen molar-refractivity contribution in [2.75, 3.05) is 33.3 Å². The summed E-state index contributed by atoms with van der Waals surface area (Å²) in [6.07, 6.45) is 1.28. The van der Waals surface area contributed by atoms with Crippen molar-refractivity contribution >= 4 is 17.5 Å². The van der Waals surface area contributed by atoms with E-state index in [0.717, 1.165) is 25.3 Å². The number of ether oxygens (including phenoxy) is 1. The summed E-state index contributed by atoms with van der Waals surface area (Å²) in [7, 11) is 2.07. The maximum Gasteiger partial charge on any atom is 0.220 e. The number of hydrogen-bond donors (Lipinski definition) is 1. The van der Waals surface area contributed by atoms with Crippen molar-refractivity contribution in [2.45, 2.75) is 18.9 Å². The van der Waals surface area contributed by atoms with Gasteiger partial charge in [0, 0.05) is 31.1 Å². The summed E-state index contributed by atoms with van der Waals surface area (Å²) in [4.78, 5) is 14.0. The topological polar surface area (TPSA) is 41.6 Å². The number of rotatable bonds is 5. The summed E-state index contributed by atoms with van der Waals surface area (Å²) >= 11 is 5.91. The summed E-state index contributed by atoms with van der Waals surface area (Å²) in [6, 6.07) is 7.62. The van der Waals surface area contributed by atoms with Crippen LogP contribution in [0, 0.1) is 0 Å². The lowest BCUT2D eigenvalue weighted by molar-refractivity contribution is -0.122. The Morgan fingerprint density at radius 1 is 1.55 bits per heavy atom. The Bertz CT molecular complexity index is 453. The van der Waals surface area contributed by atoms with Gasteiger partial charge < -0.3 is 15.0 Å². The van der Waals surface area contributed by atoms with Gasteiger partial charge in [0.15, 0.2) is 0 Å². The number of hydrogen-bond acceptors (Lipinski definition) is 3. The van der Waals surface area contributed by atoms with Gasteiger partial charge in [-0.15, -0.1) is 0 Å². The number of morpholine rings is 1. The Labute approximate surface area is 125 Å². The summed E-state index contributed by atoms with van der Waals surface area (Å²) in [6.45, 7) is 3.14. The third-order valence-corrected chi connectivity index (χ3v) is 3.63. The van der Waals surface area contributed by atoms with Crippen LogP contribution in [-0.2, 0) is 16.0 Å². The van der Waals surface area contributed by atoms with Gasteiger partial charge in [-0.05, 0) is 31.2 Å². The summed E-state index contributed by atoms with van der Waals surface area (Å²) in [5, 5.41) is 3.64. The third-order valence-electron chi connectivity index (χ3n) is 3.40. The van der Waals surface area contributed by atoms with Gasteiger partial charge in [-0.2, -0.15) is 0 Å². The molecule has 1 amide bonds. The van der Waals surface area contributed by atoms with E-state index in [-0.39, 0.29) is 12.0 Å². The van der Waals surface area contributed by atoms with Crippen molar-refractivity contribution in [3.8, 4) is 0 Å². The van der Waals surface area contributed by atoms with Crippen LogP contribution in [0.1, 0.15) is 12.0 Å². The van der Waals surface area contributed by atoms with Crippen LogP contribution in [0.15, 0.2) is 24.3 Å². The molecule has 1 heterocycles. The van der Waals surface area contributed by atoms with E-state index in [0.29, 0.717) is 24.4 Å². The number of aryl methyl sites for hydroxylation is 1. The smallest absolute Gasteiger partial charge is 0.220 e. The van der Waals surface area contributed by atoms with Crippen molar-refractivity contribution in [1.29, 1.82) is 0 Å². The molecule has 1 aromatic carbocycles. The number of nitrogens with one attached hydrogen (secondary N) is 1. The lowest BCUT2D eigenvalue weighted by Gasteiger charge is -2.30. The van der Waals surface area contributed by atoms with E-state index in [2.05, 4.69) is 17.3 Å². The van der Waals surface area contributed by atoms with E-state index in [1.807, 2.05) is 24.3 Å². The zero-order chi connectivity index (χ0) is 14.4. The van der Waals surface area contributed by atoms with Crippen LogP contribution in [0.25, 0.3) is 0 Å². The van der Waals surface area contributed by atoms with Crippen LogP contribution in [0.4, 0.5) is 0 Å². The molecule has 0 unspecified atom stereocenters. The Morgan fingerprint density at radius 3 is 3.15 bits per heavy atom. The van der Waals surface area contributed by atoms with Crippen LogP contribution in [0.2, 0.25) is 5.02 Å². The fraction of sp³-hybridized carbons (Fsp3) is 0.533. The molecule has 5 heteroatoms. The van der Waals surface area contributed by atoms with Crippen molar-refractivity contribution in [3.63, 3.8) is 0 Å². The molecular formula is C15H21ClN2O2. The number of carbonyl (C=O) groups excluding carboxylic acids is 1. The van der Waals surface area contributed by atoms with Gasteiger partial charge in [0.05, 0.1) is 12.7 Å². The van der Waals surface area contributed by atoms with Crippen molar-refractivity contribution in [2.24, 2.45) is 0 Å². The predicted octanol–water partition coefficient (Wildman–Crippen LogP) is 1.72. The Hall–Kier alpha value is -1.10. The van der Waals surface area contributed by atoms with E-state index in [1.54, 1.807) is 0 Å². The lowest BCUT2D eigenvalue weighted by atomic mass is 10.1. The Morgan fingerprint density at radius 2 is 2.40 bits per heavy atom. The number of benzene rings is 1. The first-order valence-corrected chi connectivity index (χ1v) is 7.32. The highest BCUT2D eigenvalue weighted by molar-refractivity contribution is 6.30. The largest absolute Gasteiger partial charge is 0.374 e. The fourth-order valence-corrected chi connectivity index (χ4v) is 2.47. The summed E-state index contributed by atoms with van der Waals surface area (Å²) in [5.74, 6) is 0.0572. The molecule has 1 aliphatic rings. The Balaban J connectivity index is 1.67. The van der Waals surface area contributed by atoms with Crippen molar-refractivity contribution in [1.82, 2.24) is 10.2 Å². The summed E-state index contributed by atoms with van der Waals surface area (Å²) in [5.41, 5.74) is 1.08. The van der Waals surface area contributed by atoms with Gasteiger partial charge in [-0.25, -0.2) is 0 Å². The highest BCUT2D eigenvalue weighted by atomic mass is 35.5. The highest BCUT2D eigenvalue weighted by Gasteiger charge is 2.17. The quantitative estimate of drug-likeness (QED) is 0.899. The van der Waals surface area contributed by atoms with E-state index in [9.17, 15) is 4.79 Å². The van der Waals surface area contributed by atoms with Crippen LogP contribution >= 0.6 is 11.6 Å². The van der Waals surface area contributed by atoms with Gasteiger partial charge in [0.2, 0.25) is 5.91 Å². The second-order valence-corrected chi connectivity index (χ2v) is 5.63. The molecule has 110 valence electrons. The zero-order valence-corrected chi connectivity index (χ0v) is 12.5. The SMILES string of the molecule is CN1CCO[C@H](CNC(=O)CCc2cccc(Cl)c2)C1. The molecule has 0 aromatic heterocycles. The first-order valence-electron chi connectivity index (χ1n) is 6.95. The van der Waals surface area contributed by atoms with Gasteiger partial charge in [-0.1, -0.05) is 23.7 Å². The van der Waals surface area contributed by atoms with Gasteiger partial charge >= 0.3 is 0 Å². The molecule has 0 radical (unpaired) electrons. The molecule has 1 saturated heterocycles. The number of likely N-dealkylation sites (N-methyl/N-ethyl adjacent to an activating group) is 1. The molecule has 1 fully saturated rings. The first-order chi connectivity index (χ1) is 9.63. The monoisotopic (exact) mass is 296 g/mol. The van der Waals surface area contributed by atoms with Gasteiger partial charge in [0.1, 0.15) is 0 Å². The van der Waals surface area contributed by atoms with E-state index < -0.39 is 0 Å². The molecule has 0 saturated carbocycles. The first kappa shape index (κ1) is 15.3. The molecule has 1 aromatic rings. The summed E-state index contributed by atoms with van der Waals surface area (Å²) < 4.78 is 5.60. The number of halogens is 1. The normalized spacial score (nSPS) is 19.8. The molecule has 1 aliphatic heterocycles. The molecule has 20 heavy (non-hydrogen) atoms. The molecule has 2 rings (SSSR count). The second-order valence-electron chi connectivity index (χ2n) is 5.19. The van der Waals surface area contributed by atoms with Crippen molar-refractivity contribution < 1.29 is 9.53 Å². The minimum absolute atomic E-state index is 0.0572. The van der Waals surface area contributed by atoms with E-state index in [4.69, 9.17) is 16.3 Å². The van der Waals surface area contributed by atoms with Crippen LogP contribution < -0.4 is 5.32 Å². The van der Waals surface area contributed by atoms with Crippen LogP contribution in [0.5, 0.6) is 0 Å². The highest BCUT2D eigenvalue weighted by Crippen LogP contribution is 2.12. The van der Waals surface area contributed by atoms with Gasteiger partial charge in [-0.3, -0.25) is 4.79 Å². The standard InChI is InChI=1S/C15H21ClN2O2/c1-18-7-8-20-14(11-18)10-17-15(19)6-5-12-3-2-4-13(16)9-12/h2-4,9,14H,5-8,10-11H2,1H3,(H,17,19)/t14-/m1/s1. The second kappa shape index (κ2) is 7.62. The van der Waals surface area contributed by atoms with Crippen molar-refractivity contribution in [3.05, 3.63) is 34.9 Å². The molecule has 4 nitrogen and oxygen atoms in total. The molecule has 0 spiro atoms. The maximum atomic E-state index is 11.8. The molecular weight excluding hydrogens is 276 g/mol. The molecule has 0 aliphatic carbocycles. The minimum atomic E-state index is 0.0572. The average Bonchev–Trinajstić information content (AvgIpc) is 2.43. The predicted molar refractivity (Wildman–Crippen MR) is 80.0 cm³/mol. The average molecular weight is 297 g/mol. The molecule has 0 bridgehead atoms. The molecule has 1 atom stereocenters. The van der Waals surface area contributed by atoms with E-state index in [1.165, 1.54) is 0 Å².